The second kappa shape index (κ2) is 6.02. The van der Waals surface area contributed by atoms with Gasteiger partial charge in [-0.3, -0.25) is 4.79 Å². The summed E-state index contributed by atoms with van der Waals surface area (Å²) >= 11 is 0. The summed E-state index contributed by atoms with van der Waals surface area (Å²) in [6.45, 7) is 6.69. The zero-order valence-corrected chi connectivity index (χ0v) is 12.6. The number of likely N-dealkylation sites (tertiary alicyclic amines) is 2. The molecule has 2 amide bonds. The third-order valence-electron chi connectivity index (χ3n) is 4.78. The van der Waals surface area contributed by atoms with E-state index in [4.69, 9.17) is 5.11 Å². The Morgan fingerprint density at radius 1 is 1.20 bits per heavy atom. The maximum Gasteiger partial charge on any atom is 0.320 e. The van der Waals surface area contributed by atoms with Crippen LogP contribution in [0.3, 0.4) is 0 Å². The molecule has 2 aliphatic rings. The van der Waals surface area contributed by atoms with E-state index in [2.05, 4.69) is 13.8 Å². The molecular formula is C15H26N2O3. The molecule has 0 spiro atoms. The van der Waals surface area contributed by atoms with Gasteiger partial charge in [0.25, 0.3) is 0 Å². The van der Waals surface area contributed by atoms with Crippen LogP contribution in [0.5, 0.6) is 0 Å². The number of carbonyl (C=O) groups is 2. The lowest BCUT2D eigenvalue weighted by Crippen LogP contribution is -2.51. The molecule has 2 heterocycles. The van der Waals surface area contributed by atoms with Gasteiger partial charge in [0, 0.05) is 31.6 Å². The molecule has 2 rings (SSSR count). The number of nitrogens with zero attached hydrogens (tertiary/aromatic N) is 2. The fourth-order valence-corrected chi connectivity index (χ4v) is 3.37. The van der Waals surface area contributed by atoms with Crippen LogP contribution < -0.4 is 0 Å². The van der Waals surface area contributed by atoms with Crippen molar-refractivity contribution in [2.45, 2.75) is 57.9 Å². The van der Waals surface area contributed by atoms with E-state index in [1.54, 1.807) is 0 Å². The van der Waals surface area contributed by atoms with E-state index in [0.29, 0.717) is 5.92 Å². The molecular weight excluding hydrogens is 256 g/mol. The molecule has 2 saturated heterocycles. The summed E-state index contributed by atoms with van der Waals surface area (Å²) in [5.74, 6) is -0.260. The van der Waals surface area contributed by atoms with Crippen LogP contribution in [-0.4, -0.2) is 52.1 Å². The molecule has 0 aromatic rings. The highest BCUT2D eigenvalue weighted by Crippen LogP contribution is 2.30. The SMILES string of the molecule is CC1(C)CCCN1C(=O)N1CCC(CCC(=O)O)CC1. The van der Waals surface area contributed by atoms with Crippen molar-refractivity contribution in [1.29, 1.82) is 0 Å². The molecule has 0 bridgehead atoms. The number of hydrogen-bond donors (Lipinski definition) is 1. The van der Waals surface area contributed by atoms with Crippen molar-refractivity contribution in [1.82, 2.24) is 9.80 Å². The van der Waals surface area contributed by atoms with Crippen molar-refractivity contribution in [3.8, 4) is 0 Å². The Morgan fingerprint density at radius 2 is 1.85 bits per heavy atom. The summed E-state index contributed by atoms with van der Waals surface area (Å²) in [7, 11) is 0. The van der Waals surface area contributed by atoms with Crippen LogP contribution in [0.2, 0.25) is 0 Å². The second-order valence-corrected chi connectivity index (χ2v) is 6.71. The van der Waals surface area contributed by atoms with Gasteiger partial charge in [-0.1, -0.05) is 0 Å². The minimum absolute atomic E-state index is 0.0166. The first-order valence-electron chi connectivity index (χ1n) is 7.68. The van der Waals surface area contributed by atoms with Gasteiger partial charge in [-0.25, -0.2) is 4.79 Å². The van der Waals surface area contributed by atoms with Gasteiger partial charge in [-0.15, -0.1) is 0 Å². The average Bonchev–Trinajstić information content (AvgIpc) is 2.76. The highest BCUT2D eigenvalue weighted by molar-refractivity contribution is 5.75. The molecule has 2 fully saturated rings. The van der Waals surface area contributed by atoms with Gasteiger partial charge in [0.2, 0.25) is 0 Å². The Morgan fingerprint density at radius 3 is 2.35 bits per heavy atom. The first-order valence-corrected chi connectivity index (χ1v) is 7.68. The Balaban J connectivity index is 1.81. The number of carboxylic acids is 1. The van der Waals surface area contributed by atoms with Crippen molar-refractivity contribution in [2.75, 3.05) is 19.6 Å². The van der Waals surface area contributed by atoms with Crippen molar-refractivity contribution >= 4 is 12.0 Å². The fraction of sp³-hybridized carbons (Fsp3) is 0.867. The molecule has 114 valence electrons. The van der Waals surface area contributed by atoms with Crippen molar-refractivity contribution in [3.05, 3.63) is 0 Å². The first kappa shape index (κ1) is 15.1. The second-order valence-electron chi connectivity index (χ2n) is 6.71. The highest BCUT2D eigenvalue weighted by Gasteiger charge is 2.38. The van der Waals surface area contributed by atoms with E-state index in [9.17, 15) is 9.59 Å². The fourth-order valence-electron chi connectivity index (χ4n) is 3.37. The van der Waals surface area contributed by atoms with Gasteiger partial charge in [-0.2, -0.15) is 0 Å². The Kier molecular flexibility index (Phi) is 4.55. The summed E-state index contributed by atoms with van der Waals surface area (Å²) in [5, 5.41) is 8.71. The Bertz CT molecular complexity index is 373. The lowest BCUT2D eigenvalue weighted by atomic mass is 9.92. The summed E-state index contributed by atoms with van der Waals surface area (Å²) in [6.07, 6.45) is 5.03. The topological polar surface area (TPSA) is 60.9 Å². The lowest BCUT2D eigenvalue weighted by molar-refractivity contribution is -0.137. The zero-order chi connectivity index (χ0) is 14.8. The minimum atomic E-state index is -0.720. The minimum Gasteiger partial charge on any atom is -0.481 e. The predicted molar refractivity (Wildman–Crippen MR) is 76.6 cm³/mol. The molecule has 0 saturated carbocycles. The number of amides is 2. The summed E-state index contributed by atoms with van der Waals surface area (Å²) in [6, 6.07) is 0.171. The molecule has 5 heteroatoms. The van der Waals surface area contributed by atoms with Crippen LogP contribution in [0.15, 0.2) is 0 Å². The number of piperidine rings is 1. The highest BCUT2D eigenvalue weighted by atomic mass is 16.4. The summed E-state index contributed by atoms with van der Waals surface area (Å²) < 4.78 is 0. The first-order chi connectivity index (χ1) is 9.40. The normalized spacial score (nSPS) is 23.1. The molecule has 0 radical (unpaired) electrons. The molecule has 1 N–H and O–H groups in total. The zero-order valence-electron chi connectivity index (χ0n) is 12.6. The van der Waals surface area contributed by atoms with Crippen molar-refractivity contribution in [2.24, 2.45) is 5.92 Å². The molecule has 2 aliphatic heterocycles. The maximum absolute atomic E-state index is 12.5. The third kappa shape index (κ3) is 3.44. The van der Waals surface area contributed by atoms with Crippen LogP contribution in [-0.2, 0) is 4.79 Å². The van der Waals surface area contributed by atoms with E-state index in [-0.39, 0.29) is 18.0 Å². The number of carbonyl (C=O) groups excluding carboxylic acids is 1. The third-order valence-corrected chi connectivity index (χ3v) is 4.78. The lowest BCUT2D eigenvalue weighted by Gasteiger charge is -2.39. The molecule has 0 aromatic heterocycles. The monoisotopic (exact) mass is 282 g/mol. The van der Waals surface area contributed by atoms with E-state index in [1.165, 1.54) is 0 Å². The smallest absolute Gasteiger partial charge is 0.320 e. The van der Waals surface area contributed by atoms with Crippen LogP contribution >= 0.6 is 0 Å². The summed E-state index contributed by atoms with van der Waals surface area (Å²) in [4.78, 5) is 27.1. The largest absolute Gasteiger partial charge is 0.481 e. The average molecular weight is 282 g/mol. The number of aliphatic carboxylic acids is 1. The number of urea groups is 1. The van der Waals surface area contributed by atoms with Gasteiger partial charge in [0.05, 0.1) is 0 Å². The van der Waals surface area contributed by atoms with Gasteiger partial charge in [-0.05, 0) is 51.9 Å². The van der Waals surface area contributed by atoms with E-state index in [1.807, 2.05) is 9.80 Å². The van der Waals surface area contributed by atoms with Crippen LogP contribution in [0.1, 0.15) is 52.4 Å². The number of rotatable bonds is 3. The molecule has 0 unspecified atom stereocenters. The number of carboxylic acid groups (broad SMARTS) is 1. The van der Waals surface area contributed by atoms with Gasteiger partial charge >= 0.3 is 12.0 Å². The Labute approximate surface area is 120 Å². The van der Waals surface area contributed by atoms with Crippen molar-refractivity contribution < 1.29 is 14.7 Å². The molecule has 5 nitrogen and oxygen atoms in total. The summed E-state index contributed by atoms with van der Waals surface area (Å²) in [5.41, 5.74) is -0.0166. The quantitative estimate of drug-likeness (QED) is 0.865. The van der Waals surface area contributed by atoms with Crippen molar-refractivity contribution in [3.63, 3.8) is 0 Å². The molecule has 0 aromatic carbocycles. The van der Waals surface area contributed by atoms with Gasteiger partial charge < -0.3 is 14.9 Å². The Hall–Kier alpha value is -1.26. The standard InChI is InChI=1S/C15H26N2O3/c1-15(2)8-3-9-17(15)14(20)16-10-6-12(7-11-16)4-5-13(18)19/h12H,3-11H2,1-2H3,(H,18,19). The molecule has 0 aliphatic carbocycles. The number of hydrogen-bond acceptors (Lipinski definition) is 2. The molecule has 0 atom stereocenters. The van der Waals surface area contributed by atoms with Crippen LogP contribution in [0.4, 0.5) is 4.79 Å². The van der Waals surface area contributed by atoms with Crippen LogP contribution in [0, 0.1) is 5.92 Å². The maximum atomic E-state index is 12.5. The van der Waals surface area contributed by atoms with E-state index >= 15 is 0 Å². The predicted octanol–water partition coefficient (Wildman–Crippen LogP) is 2.56. The van der Waals surface area contributed by atoms with Gasteiger partial charge in [0.1, 0.15) is 0 Å². The molecule has 20 heavy (non-hydrogen) atoms. The van der Waals surface area contributed by atoms with E-state index < -0.39 is 5.97 Å². The van der Waals surface area contributed by atoms with Gasteiger partial charge in [0.15, 0.2) is 0 Å². The van der Waals surface area contributed by atoms with E-state index in [0.717, 1.165) is 51.7 Å². The van der Waals surface area contributed by atoms with Crippen LogP contribution in [0.25, 0.3) is 0 Å².